The van der Waals surface area contributed by atoms with E-state index in [0.717, 1.165) is 19.3 Å². The third-order valence-corrected chi connectivity index (χ3v) is 20.6. The van der Waals surface area contributed by atoms with Gasteiger partial charge in [-0.2, -0.15) is 0 Å². The van der Waals surface area contributed by atoms with Crippen molar-refractivity contribution in [3.8, 4) is 0 Å². The fraction of sp³-hybridized carbons (Fsp3) is 0.667. The molecule has 6 rings (SSSR count). The van der Waals surface area contributed by atoms with Gasteiger partial charge in [-0.15, -0.1) is 11.8 Å². The van der Waals surface area contributed by atoms with Crippen molar-refractivity contribution in [2.45, 2.75) is 130 Å². The van der Waals surface area contributed by atoms with E-state index in [1.807, 2.05) is 6.26 Å². The summed E-state index contributed by atoms with van der Waals surface area (Å²) in [7, 11) is -4.51. The lowest BCUT2D eigenvalue weighted by molar-refractivity contribution is -0.142. The van der Waals surface area contributed by atoms with Gasteiger partial charge in [0.1, 0.15) is 5.94 Å². The minimum absolute atomic E-state index is 0.0328. The maximum absolute atomic E-state index is 12.4. The second-order valence-corrected chi connectivity index (χ2v) is 29.0. The van der Waals surface area contributed by atoms with Crippen LogP contribution >= 0.6 is 11.8 Å². The first-order valence-electron chi connectivity index (χ1n) is 20.4. The summed E-state index contributed by atoms with van der Waals surface area (Å²) >= 11 is 1.56. The van der Waals surface area contributed by atoms with Crippen LogP contribution in [0.5, 0.6) is 0 Å². The Balaban J connectivity index is 1.30. The molecule has 0 N–H and O–H groups in total. The smallest absolute Gasteiger partial charge is 0.306 e. The summed E-state index contributed by atoms with van der Waals surface area (Å²) in [5, 5.41) is 2.71. The standard InChI is InChI=1S/C45H68O4SSi2/c1-32(21-24-41(46)47-31-50-7)37-22-23-38-42-39(26-28-45(37,38)6)44(5)27-25-34(29-33(44)30-40(42)49-51(8,9)10)48-52(43(2,3)4,35-17-13-11-14-18-35)36-19-15-12-16-20-36/h11-20,30,32-34,37-39,42H,21-29,31H2,1-10H3/t32-,33+,34-,37-,38+,39+,42+,44+,45-/m1/s1. The van der Waals surface area contributed by atoms with Crippen LogP contribution in [-0.4, -0.2) is 40.9 Å². The van der Waals surface area contributed by atoms with Gasteiger partial charge < -0.3 is 13.6 Å². The highest BCUT2D eigenvalue weighted by molar-refractivity contribution is 7.98. The summed E-state index contributed by atoms with van der Waals surface area (Å²) in [6, 6.07) is 22.4. The second kappa shape index (κ2) is 15.4. The normalized spacial score (nSPS) is 32.5. The van der Waals surface area contributed by atoms with Crippen LogP contribution in [-0.2, 0) is 18.4 Å². The predicted octanol–water partition coefficient (Wildman–Crippen LogP) is 10.8. The first-order chi connectivity index (χ1) is 24.5. The van der Waals surface area contributed by atoms with Gasteiger partial charge in [0.15, 0.2) is 0 Å². The molecule has 9 atom stereocenters. The molecule has 2 aromatic rings. The number of esters is 1. The number of carbonyl (C=O) groups is 1. The van der Waals surface area contributed by atoms with Gasteiger partial charge in [0.25, 0.3) is 8.32 Å². The fourth-order valence-electron chi connectivity index (χ4n) is 11.9. The lowest BCUT2D eigenvalue weighted by atomic mass is 9.46. The fourth-order valence-corrected chi connectivity index (χ4v) is 17.7. The Bertz CT molecular complexity index is 1510. The molecule has 0 radical (unpaired) electrons. The molecule has 3 fully saturated rings. The SMILES string of the molecule is CSCOC(=O)CC[C@@H](C)[C@H]1CC[C@H]2[C@@H]3C(O[Si](C)(C)C)=C[C@@H]4C[C@H](O[Si](c5ccccc5)(c5ccccc5)C(C)(C)C)CC[C@]4(C)[C@H]3CC[C@]12C. The van der Waals surface area contributed by atoms with E-state index in [4.69, 9.17) is 13.6 Å². The summed E-state index contributed by atoms with van der Waals surface area (Å²) in [4.78, 5) is 12.4. The van der Waals surface area contributed by atoms with E-state index < -0.39 is 16.6 Å². The highest BCUT2D eigenvalue weighted by atomic mass is 32.2. The highest BCUT2D eigenvalue weighted by Gasteiger charge is 2.63. The molecule has 7 heteroatoms. The van der Waals surface area contributed by atoms with Gasteiger partial charge in [0, 0.05) is 18.4 Å². The Kier molecular flexibility index (Phi) is 11.8. The first-order valence-corrected chi connectivity index (χ1v) is 27.1. The maximum atomic E-state index is 12.4. The molecule has 0 heterocycles. The molecule has 0 saturated heterocycles. The summed E-state index contributed by atoms with van der Waals surface area (Å²) in [6.07, 6.45) is 14.8. The van der Waals surface area contributed by atoms with Crippen LogP contribution < -0.4 is 10.4 Å². The quantitative estimate of drug-likeness (QED) is 0.122. The number of fused-ring (bicyclic) bond motifs is 5. The second-order valence-electron chi connectivity index (χ2n) is 19.5. The first kappa shape index (κ1) is 39.9. The number of benzene rings is 2. The topological polar surface area (TPSA) is 44.8 Å². The van der Waals surface area contributed by atoms with Gasteiger partial charge in [0.05, 0.1) is 5.76 Å². The van der Waals surface area contributed by atoms with Crippen molar-refractivity contribution in [2.24, 2.45) is 46.3 Å². The summed E-state index contributed by atoms with van der Waals surface area (Å²) in [6.45, 7) is 22.0. The van der Waals surface area contributed by atoms with Crippen LogP contribution in [0.1, 0.15) is 99.3 Å². The van der Waals surface area contributed by atoms with Crippen LogP contribution in [0.4, 0.5) is 0 Å². The van der Waals surface area contributed by atoms with E-state index in [1.54, 1.807) is 11.8 Å². The summed E-state index contributed by atoms with van der Waals surface area (Å²) in [5.74, 6) is 5.11. The molecular formula is C45H68O4SSi2. The lowest BCUT2D eigenvalue weighted by Gasteiger charge is -2.61. The van der Waals surface area contributed by atoms with Gasteiger partial charge in [-0.1, -0.05) is 102 Å². The number of rotatable bonds is 12. The van der Waals surface area contributed by atoms with E-state index in [0.29, 0.717) is 47.9 Å². The molecule has 4 aliphatic carbocycles. The van der Waals surface area contributed by atoms with Crippen LogP contribution in [0.15, 0.2) is 72.5 Å². The van der Waals surface area contributed by atoms with Crippen molar-refractivity contribution in [1.82, 2.24) is 0 Å². The molecule has 52 heavy (non-hydrogen) atoms. The number of thioether (sulfide) groups is 1. The van der Waals surface area contributed by atoms with Crippen LogP contribution in [0, 0.1) is 46.3 Å². The average molecular weight is 761 g/mol. The van der Waals surface area contributed by atoms with E-state index >= 15 is 0 Å². The van der Waals surface area contributed by atoms with E-state index in [9.17, 15) is 4.79 Å². The third kappa shape index (κ3) is 7.56. The zero-order chi connectivity index (χ0) is 37.5. The average Bonchev–Trinajstić information content (AvgIpc) is 3.45. The zero-order valence-corrected chi connectivity index (χ0v) is 36.8. The number of ether oxygens (including phenoxy) is 1. The Hall–Kier alpha value is -1.81. The van der Waals surface area contributed by atoms with Crippen molar-refractivity contribution >= 4 is 44.7 Å². The van der Waals surface area contributed by atoms with Crippen molar-refractivity contribution in [1.29, 1.82) is 0 Å². The lowest BCUT2D eigenvalue weighted by Crippen LogP contribution is -2.68. The molecule has 0 amide bonds. The monoisotopic (exact) mass is 760 g/mol. The molecule has 0 spiro atoms. The van der Waals surface area contributed by atoms with Crippen LogP contribution in [0.3, 0.4) is 0 Å². The van der Waals surface area contributed by atoms with E-state index in [-0.39, 0.29) is 27.9 Å². The molecule has 0 unspecified atom stereocenters. The van der Waals surface area contributed by atoms with Crippen molar-refractivity contribution in [3.05, 3.63) is 72.5 Å². The highest BCUT2D eigenvalue weighted by Crippen LogP contribution is 2.68. The largest absolute Gasteiger partial charge is 0.547 e. The molecular weight excluding hydrogens is 693 g/mol. The Morgan fingerprint density at radius 1 is 0.885 bits per heavy atom. The predicted molar refractivity (Wildman–Crippen MR) is 224 cm³/mol. The number of carbonyl (C=O) groups excluding carboxylic acids is 1. The summed E-state index contributed by atoms with van der Waals surface area (Å²) in [5.41, 5.74) is 0.521. The number of allylic oxidation sites excluding steroid dienone is 2. The van der Waals surface area contributed by atoms with Gasteiger partial charge >= 0.3 is 5.97 Å². The van der Waals surface area contributed by atoms with Crippen molar-refractivity contribution in [2.75, 3.05) is 12.2 Å². The molecule has 4 aliphatic rings. The van der Waals surface area contributed by atoms with E-state index in [1.165, 1.54) is 48.2 Å². The molecule has 3 saturated carbocycles. The third-order valence-electron chi connectivity index (χ3n) is 14.3. The summed E-state index contributed by atoms with van der Waals surface area (Å²) < 4.78 is 20.5. The van der Waals surface area contributed by atoms with Crippen LogP contribution in [0.25, 0.3) is 0 Å². The molecule has 0 bridgehead atoms. The Morgan fingerprint density at radius 3 is 2.06 bits per heavy atom. The minimum atomic E-state index is -2.65. The maximum Gasteiger partial charge on any atom is 0.306 e. The van der Waals surface area contributed by atoms with E-state index in [2.05, 4.69) is 128 Å². The molecule has 0 aromatic heterocycles. The van der Waals surface area contributed by atoms with Crippen LogP contribution in [0.2, 0.25) is 24.7 Å². The van der Waals surface area contributed by atoms with Gasteiger partial charge in [-0.05, 0) is 139 Å². The molecule has 2 aromatic carbocycles. The Morgan fingerprint density at radius 2 is 1.48 bits per heavy atom. The van der Waals surface area contributed by atoms with Gasteiger partial charge in [0.2, 0.25) is 8.32 Å². The van der Waals surface area contributed by atoms with Crippen molar-refractivity contribution < 1.29 is 18.4 Å². The zero-order valence-electron chi connectivity index (χ0n) is 34.0. The Labute approximate surface area is 322 Å². The van der Waals surface area contributed by atoms with Crippen molar-refractivity contribution in [3.63, 3.8) is 0 Å². The minimum Gasteiger partial charge on any atom is -0.547 e. The number of hydrogen-bond acceptors (Lipinski definition) is 5. The molecule has 0 aliphatic heterocycles. The number of hydrogen-bond donors (Lipinski definition) is 0. The molecule has 286 valence electrons. The van der Waals surface area contributed by atoms with Gasteiger partial charge in [-0.3, -0.25) is 4.79 Å². The molecule has 4 nitrogen and oxygen atoms in total. The van der Waals surface area contributed by atoms with Gasteiger partial charge in [-0.25, -0.2) is 0 Å².